The normalized spacial score (nSPS) is 47.6. The van der Waals surface area contributed by atoms with E-state index in [0.717, 1.165) is 36.5 Å². The van der Waals surface area contributed by atoms with Gasteiger partial charge in [-0.3, -0.25) is 0 Å². The molecule has 3 heteroatoms. The highest BCUT2D eigenvalue weighted by Crippen LogP contribution is 2.66. The molecule has 0 spiro atoms. The van der Waals surface area contributed by atoms with Gasteiger partial charge in [0.05, 0.1) is 12.7 Å². The minimum atomic E-state index is -0.211. The van der Waals surface area contributed by atoms with Gasteiger partial charge in [-0.1, -0.05) is 20.3 Å². The van der Waals surface area contributed by atoms with Crippen LogP contribution >= 0.6 is 0 Å². The Morgan fingerprint density at radius 2 is 1.85 bits per heavy atom. The van der Waals surface area contributed by atoms with Crippen molar-refractivity contribution in [1.29, 1.82) is 0 Å². The first kappa shape index (κ1) is 18.8. The van der Waals surface area contributed by atoms with Gasteiger partial charge in [0.1, 0.15) is 6.61 Å². The molecule has 4 aliphatic rings. The van der Waals surface area contributed by atoms with E-state index in [-0.39, 0.29) is 18.7 Å². The second-order valence-electron chi connectivity index (χ2n) is 10.3. The molecule has 0 aromatic rings. The van der Waals surface area contributed by atoms with Crippen LogP contribution in [0.25, 0.3) is 0 Å². The third-order valence-electron chi connectivity index (χ3n) is 9.14. The Kier molecular flexibility index (Phi) is 5.14. The summed E-state index contributed by atoms with van der Waals surface area (Å²) < 4.78 is 11.0. The second kappa shape index (κ2) is 7.11. The predicted molar refractivity (Wildman–Crippen MR) is 103 cm³/mol. The predicted octanol–water partition coefficient (Wildman–Crippen LogP) is 5.37. The van der Waals surface area contributed by atoms with Crippen molar-refractivity contribution in [2.45, 2.75) is 91.1 Å². The Morgan fingerprint density at radius 3 is 2.65 bits per heavy atom. The zero-order valence-corrected chi connectivity index (χ0v) is 17.1. The van der Waals surface area contributed by atoms with Crippen LogP contribution in [-0.2, 0) is 14.3 Å². The average Bonchev–Trinajstić information content (AvgIpc) is 3.02. The van der Waals surface area contributed by atoms with Crippen molar-refractivity contribution in [2.24, 2.45) is 34.5 Å². The molecule has 0 aromatic heterocycles. The summed E-state index contributed by atoms with van der Waals surface area (Å²) in [6.45, 7) is 7.62. The van der Waals surface area contributed by atoms with Crippen LogP contribution < -0.4 is 0 Å². The minimum Gasteiger partial charge on any atom is -0.464 e. The number of fused-ring (bicyclic) bond motifs is 5. The van der Waals surface area contributed by atoms with Crippen molar-refractivity contribution in [3.63, 3.8) is 0 Å². The van der Waals surface area contributed by atoms with Gasteiger partial charge in [0, 0.05) is 0 Å². The van der Waals surface area contributed by atoms with Gasteiger partial charge in [0.15, 0.2) is 0 Å². The largest absolute Gasteiger partial charge is 0.464 e. The second-order valence-corrected chi connectivity index (χ2v) is 10.3. The van der Waals surface area contributed by atoms with Gasteiger partial charge in [-0.2, -0.15) is 0 Å². The van der Waals surface area contributed by atoms with Gasteiger partial charge in [-0.15, -0.1) is 0 Å². The number of rotatable bonds is 4. The van der Waals surface area contributed by atoms with Crippen LogP contribution in [0, 0.1) is 34.5 Å². The van der Waals surface area contributed by atoms with Crippen LogP contribution in [0.4, 0.5) is 0 Å². The van der Waals surface area contributed by atoms with E-state index in [0.29, 0.717) is 17.4 Å². The fraction of sp³-hybridized carbons (Fsp3) is 0.957. The molecule has 7 unspecified atom stereocenters. The first-order valence-corrected chi connectivity index (χ1v) is 11.2. The molecule has 4 aliphatic carbocycles. The first-order chi connectivity index (χ1) is 12.5. The highest BCUT2D eigenvalue weighted by Gasteiger charge is 2.57. The molecule has 0 saturated heterocycles. The number of carbonyl (C=O) groups excluding carboxylic acids is 1. The van der Waals surface area contributed by atoms with Gasteiger partial charge in [-0.05, 0) is 99.2 Å². The molecule has 0 radical (unpaired) electrons. The van der Waals surface area contributed by atoms with E-state index in [1.54, 1.807) is 0 Å². The smallest absolute Gasteiger partial charge is 0.332 e. The minimum absolute atomic E-state index is 0.133. The van der Waals surface area contributed by atoms with E-state index in [1.807, 2.05) is 6.92 Å². The molecule has 4 saturated carbocycles. The number of esters is 1. The van der Waals surface area contributed by atoms with Gasteiger partial charge in [0.2, 0.25) is 0 Å². The van der Waals surface area contributed by atoms with Crippen LogP contribution in [0.15, 0.2) is 0 Å². The van der Waals surface area contributed by atoms with Gasteiger partial charge < -0.3 is 9.47 Å². The van der Waals surface area contributed by atoms with Crippen molar-refractivity contribution in [2.75, 3.05) is 13.2 Å². The maximum atomic E-state index is 11.6. The van der Waals surface area contributed by atoms with Gasteiger partial charge in [-0.25, -0.2) is 4.79 Å². The van der Waals surface area contributed by atoms with E-state index in [4.69, 9.17) is 9.47 Å². The molecule has 4 rings (SSSR count). The summed E-state index contributed by atoms with van der Waals surface area (Å²) in [6, 6.07) is 0. The molecule has 0 heterocycles. The van der Waals surface area contributed by atoms with E-state index in [1.165, 1.54) is 51.4 Å². The quantitative estimate of drug-likeness (QED) is 0.631. The molecular weight excluding hydrogens is 324 g/mol. The summed E-state index contributed by atoms with van der Waals surface area (Å²) in [6.07, 6.45) is 14.0. The maximum Gasteiger partial charge on any atom is 0.332 e. The fourth-order valence-corrected chi connectivity index (χ4v) is 7.75. The van der Waals surface area contributed by atoms with Crippen LogP contribution in [0.3, 0.4) is 0 Å². The van der Waals surface area contributed by atoms with Crippen molar-refractivity contribution in [1.82, 2.24) is 0 Å². The average molecular weight is 363 g/mol. The molecular formula is C23H38O3. The van der Waals surface area contributed by atoms with E-state index >= 15 is 0 Å². The Labute approximate surface area is 159 Å². The van der Waals surface area contributed by atoms with Gasteiger partial charge >= 0.3 is 5.97 Å². The van der Waals surface area contributed by atoms with Gasteiger partial charge in [0.25, 0.3) is 0 Å². The molecule has 148 valence electrons. The van der Waals surface area contributed by atoms with Crippen LogP contribution in [0.5, 0.6) is 0 Å². The Hall–Kier alpha value is -0.570. The lowest BCUT2D eigenvalue weighted by molar-refractivity contribution is -0.157. The molecule has 7 atom stereocenters. The molecule has 0 aromatic carbocycles. The number of hydrogen-bond acceptors (Lipinski definition) is 3. The zero-order chi connectivity index (χ0) is 18.4. The molecule has 3 nitrogen and oxygen atoms in total. The number of ether oxygens (including phenoxy) is 2. The maximum absolute atomic E-state index is 11.6. The van der Waals surface area contributed by atoms with Crippen LogP contribution in [0.2, 0.25) is 0 Å². The van der Waals surface area contributed by atoms with E-state index in [9.17, 15) is 4.79 Å². The molecule has 0 bridgehead atoms. The van der Waals surface area contributed by atoms with Crippen molar-refractivity contribution < 1.29 is 14.3 Å². The molecule has 0 amide bonds. The Bertz CT molecular complexity index is 532. The molecule has 0 aliphatic heterocycles. The third-order valence-corrected chi connectivity index (χ3v) is 9.14. The Morgan fingerprint density at radius 1 is 1.00 bits per heavy atom. The molecule has 0 N–H and O–H groups in total. The summed E-state index contributed by atoms with van der Waals surface area (Å²) in [4.78, 5) is 11.6. The monoisotopic (exact) mass is 362 g/mol. The first-order valence-electron chi connectivity index (χ1n) is 11.2. The summed E-state index contributed by atoms with van der Waals surface area (Å²) in [5, 5.41) is 0. The van der Waals surface area contributed by atoms with Crippen LogP contribution in [-0.4, -0.2) is 25.3 Å². The van der Waals surface area contributed by atoms with Crippen molar-refractivity contribution >= 4 is 5.97 Å². The third kappa shape index (κ3) is 3.12. The topological polar surface area (TPSA) is 35.5 Å². The lowest BCUT2D eigenvalue weighted by Gasteiger charge is -2.60. The van der Waals surface area contributed by atoms with Crippen molar-refractivity contribution in [3.8, 4) is 0 Å². The molecule has 4 fully saturated rings. The summed E-state index contributed by atoms with van der Waals surface area (Å²) in [5.74, 6) is 3.49. The molecule has 26 heavy (non-hydrogen) atoms. The zero-order valence-electron chi connectivity index (χ0n) is 17.1. The summed E-state index contributed by atoms with van der Waals surface area (Å²) in [5.41, 5.74) is 1.17. The van der Waals surface area contributed by atoms with E-state index in [2.05, 4.69) is 13.8 Å². The summed E-state index contributed by atoms with van der Waals surface area (Å²) >= 11 is 0. The lowest BCUT2D eigenvalue weighted by Crippen LogP contribution is -2.53. The van der Waals surface area contributed by atoms with E-state index < -0.39 is 0 Å². The highest BCUT2D eigenvalue weighted by atomic mass is 16.6. The SMILES string of the molecule is CCOC(=O)COC1CCC2(C)C(CCC3C4CCCC4(C)CCC32)C1. The Balaban J connectivity index is 1.40. The van der Waals surface area contributed by atoms with Crippen molar-refractivity contribution in [3.05, 3.63) is 0 Å². The standard InChI is InChI=1S/C23H38O3/c1-4-25-21(24)15-26-17-9-13-23(3)16(14-17)7-8-18-19-6-5-11-22(19,2)12-10-20(18)23/h16-20H,4-15H2,1-3H3. The number of hydrogen-bond donors (Lipinski definition) is 0. The fourth-order valence-electron chi connectivity index (χ4n) is 7.75. The van der Waals surface area contributed by atoms with Crippen LogP contribution in [0.1, 0.15) is 85.0 Å². The lowest BCUT2D eigenvalue weighted by atomic mass is 9.45. The summed E-state index contributed by atoms with van der Waals surface area (Å²) in [7, 11) is 0. The number of carbonyl (C=O) groups is 1. The highest BCUT2D eigenvalue weighted by molar-refractivity contribution is 5.70.